The molecule has 0 radical (unpaired) electrons. The predicted octanol–water partition coefficient (Wildman–Crippen LogP) is 0.961. The number of rotatable bonds is 2. The lowest BCUT2D eigenvalue weighted by Gasteiger charge is -2.40. The van der Waals surface area contributed by atoms with Crippen LogP contribution in [0.2, 0.25) is 0 Å². The number of amides is 1. The Hall–Kier alpha value is -0.330. The van der Waals surface area contributed by atoms with Crippen molar-refractivity contribution in [2.75, 3.05) is 18.6 Å². The van der Waals surface area contributed by atoms with Crippen LogP contribution in [-0.2, 0) is 14.6 Å². The van der Waals surface area contributed by atoms with Crippen LogP contribution in [0.3, 0.4) is 0 Å². The van der Waals surface area contributed by atoms with Gasteiger partial charge in [-0.1, -0.05) is 12.8 Å². The molecule has 118 valence electrons. The minimum absolute atomic E-state index is 0. The zero-order chi connectivity index (χ0) is 14.3. The lowest BCUT2D eigenvalue weighted by atomic mass is 9.74. The van der Waals surface area contributed by atoms with Gasteiger partial charge in [-0.3, -0.25) is 4.79 Å². The fourth-order valence-electron chi connectivity index (χ4n) is 3.27. The van der Waals surface area contributed by atoms with Crippen LogP contribution >= 0.6 is 12.4 Å². The predicted molar refractivity (Wildman–Crippen MR) is 81.6 cm³/mol. The minimum Gasteiger partial charge on any atom is -0.341 e. The van der Waals surface area contributed by atoms with Crippen molar-refractivity contribution in [1.82, 2.24) is 4.90 Å². The second kappa shape index (κ2) is 6.20. The van der Waals surface area contributed by atoms with Crippen molar-refractivity contribution < 1.29 is 13.2 Å². The Morgan fingerprint density at radius 3 is 2.45 bits per heavy atom. The average molecular weight is 325 g/mol. The van der Waals surface area contributed by atoms with E-state index in [1.165, 1.54) is 0 Å². The van der Waals surface area contributed by atoms with Gasteiger partial charge in [0.1, 0.15) is 0 Å². The number of hydrogen-bond acceptors (Lipinski definition) is 4. The van der Waals surface area contributed by atoms with Gasteiger partial charge in [0.2, 0.25) is 5.91 Å². The first-order valence-corrected chi connectivity index (χ1v) is 8.81. The summed E-state index contributed by atoms with van der Waals surface area (Å²) >= 11 is 0. The number of carbonyl (C=O) groups excluding carboxylic acids is 1. The number of halogens is 1. The molecule has 1 heterocycles. The van der Waals surface area contributed by atoms with Crippen molar-refractivity contribution in [1.29, 1.82) is 0 Å². The molecule has 0 bridgehead atoms. The van der Waals surface area contributed by atoms with E-state index < -0.39 is 15.4 Å². The van der Waals surface area contributed by atoms with Gasteiger partial charge in [0.05, 0.1) is 17.4 Å². The summed E-state index contributed by atoms with van der Waals surface area (Å²) in [5, 5.41) is 0. The van der Waals surface area contributed by atoms with Gasteiger partial charge in [-0.15, -0.1) is 12.4 Å². The van der Waals surface area contributed by atoms with Crippen LogP contribution in [0.1, 0.15) is 39.0 Å². The molecule has 3 unspecified atom stereocenters. The largest absolute Gasteiger partial charge is 0.341 e. The summed E-state index contributed by atoms with van der Waals surface area (Å²) in [7, 11) is -1.24. The van der Waals surface area contributed by atoms with Gasteiger partial charge < -0.3 is 10.6 Å². The number of nitrogens with two attached hydrogens (primary N) is 1. The maximum absolute atomic E-state index is 12.6. The number of carbonyl (C=O) groups is 1. The van der Waals surface area contributed by atoms with E-state index in [9.17, 15) is 13.2 Å². The Morgan fingerprint density at radius 2 is 1.95 bits per heavy atom. The third kappa shape index (κ3) is 3.65. The van der Waals surface area contributed by atoms with Crippen LogP contribution in [-0.4, -0.2) is 49.4 Å². The molecule has 7 heteroatoms. The first kappa shape index (κ1) is 17.7. The monoisotopic (exact) mass is 324 g/mol. The van der Waals surface area contributed by atoms with E-state index in [1.54, 1.807) is 11.9 Å². The van der Waals surface area contributed by atoms with E-state index in [0.717, 1.165) is 25.7 Å². The molecule has 1 aliphatic carbocycles. The van der Waals surface area contributed by atoms with Gasteiger partial charge in [-0.05, 0) is 26.2 Å². The average Bonchev–Trinajstić information content (AvgIpc) is 2.67. The number of nitrogens with zero attached hydrogens (tertiary/aromatic N) is 1. The maximum Gasteiger partial charge on any atom is 0.227 e. The Bertz CT molecular complexity index is 464. The molecule has 5 nitrogen and oxygen atoms in total. The van der Waals surface area contributed by atoms with E-state index in [4.69, 9.17) is 5.73 Å². The molecule has 2 aliphatic rings. The molecular weight excluding hydrogens is 300 g/mol. The van der Waals surface area contributed by atoms with Gasteiger partial charge in [-0.25, -0.2) is 8.42 Å². The minimum atomic E-state index is -2.96. The van der Waals surface area contributed by atoms with Crippen molar-refractivity contribution in [3.05, 3.63) is 0 Å². The molecule has 1 saturated carbocycles. The Morgan fingerprint density at radius 1 is 1.30 bits per heavy atom. The fraction of sp³-hybridized carbons (Fsp3) is 0.923. The molecule has 2 rings (SSSR count). The highest BCUT2D eigenvalue weighted by Crippen LogP contribution is 2.33. The first-order valence-electron chi connectivity index (χ1n) is 6.99. The Labute approximate surface area is 127 Å². The summed E-state index contributed by atoms with van der Waals surface area (Å²) in [5.41, 5.74) is 5.79. The molecular formula is C13H25ClN2O3S. The van der Waals surface area contributed by atoms with Crippen molar-refractivity contribution >= 4 is 28.2 Å². The zero-order valence-corrected chi connectivity index (χ0v) is 13.8. The number of sulfone groups is 1. The quantitative estimate of drug-likeness (QED) is 0.820. The molecule has 0 spiro atoms. The van der Waals surface area contributed by atoms with Crippen LogP contribution in [0.4, 0.5) is 0 Å². The smallest absolute Gasteiger partial charge is 0.227 e. The summed E-state index contributed by atoms with van der Waals surface area (Å²) in [5.74, 6) is 0.143. The molecule has 3 atom stereocenters. The highest BCUT2D eigenvalue weighted by molar-refractivity contribution is 7.91. The molecule has 0 aromatic rings. The normalized spacial score (nSPS) is 36.1. The summed E-state index contributed by atoms with van der Waals surface area (Å²) in [6.07, 6.45) is 4.33. The molecule has 1 amide bonds. The van der Waals surface area contributed by atoms with Crippen LogP contribution in [0.15, 0.2) is 0 Å². The van der Waals surface area contributed by atoms with Crippen molar-refractivity contribution in [3.63, 3.8) is 0 Å². The zero-order valence-electron chi connectivity index (χ0n) is 12.2. The SMILES string of the molecule is CN(C(=O)C1CCCCC1(C)N)C1CCS(=O)(=O)C1.Cl. The lowest BCUT2D eigenvalue weighted by Crippen LogP contribution is -2.54. The van der Waals surface area contributed by atoms with Crippen LogP contribution in [0, 0.1) is 5.92 Å². The van der Waals surface area contributed by atoms with Gasteiger partial charge >= 0.3 is 0 Å². The molecule has 0 aromatic carbocycles. The second-order valence-corrected chi connectivity index (χ2v) is 8.54. The van der Waals surface area contributed by atoms with E-state index in [0.29, 0.717) is 6.42 Å². The molecule has 20 heavy (non-hydrogen) atoms. The van der Waals surface area contributed by atoms with Crippen LogP contribution < -0.4 is 5.73 Å². The van der Waals surface area contributed by atoms with Gasteiger partial charge in [0.25, 0.3) is 0 Å². The summed E-state index contributed by atoms with van der Waals surface area (Å²) in [4.78, 5) is 14.2. The third-order valence-electron chi connectivity index (χ3n) is 4.66. The highest BCUT2D eigenvalue weighted by Gasteiger charge is 2.42. The van der Waals surface area contributed by atoms with E-state index >= 15 is 0 Å². The second-order valence-electron chi connectivity index (χ2n) is 6.31. The van der Waals surface area contributed by atoms with Crippen molar-refractivity contribution in [3.8, 4) is 0 Å². The molecule has 2 N–H and O–H groups in total. The number of hydrogen-bond donors (Lipinski definition) is 1. The summed E-state index contributed by atoms with van der Waals surface area (Å²) < 4.78 is 23.0. The summed E-state index contributed by atoms with van der Waals surface area (Å²) in [6.45, 7) is 1.94. The van der Waals surface area contributed by atoms with Gasteiger partial charge in [-0.2, -0.15) is 0 Å². The van der Waals surface area contributed by atoms with Crippen molar-refractivity contribution in [2.45, 2.75) is 50.6 Å². The standard InChI is InChI=1S/C13H24N2O3S.ClH/c1-13(14)7-4-3-5-11(13)12(16)15(2)10-6-8-19(17,18)9-10;/h10-11H,3-9,14H2,1-2H3;1H. The van der Waals surface area contributed by atoms with E-state index in [2.05, 4.69) is 0 Å². The maximum atomic E-state index is 12.6. The fourth-order valence-corrected chi connectivity index (χ4v) is 5.04. The third-order valence-corrected chi connectivity index (χ3v) is 6.41. The van der Waals surface area contributed by atoms with Crippen molar-refractivity contribution in [2.24, 2.45) is 11.7 Å². The van der Waals surface area contributed by atoms with Crippen LogP contribution in [0.25, 0.3) is 0 Å². The summed E-state index contributed by atoms with van der Waals surface area (Å²) in [6, 6.07) is -0.171. The van der Waals surface area contributed by atoms with Gasteiger partial charge in [0.15, 0.2) is 9.84 Å². The van der Waals surface area contributed by atoms with Crippen LogP contribution in [0.5, 0.6) is 0 Å². The van der Waals surface area contributed by atoms with E-state index in [1.807, 2.05) is 6.92 Å². The topological polar surface area (TPSA) is 80.5 Å². The molecule has 1 aliphatic heterocycles. The first-order chi connectivity index (χ1) is 8.73. The van der Waals surface area contributed by atoms with Gasteiger partial charge in [0, 0.05) is 18.6 Å². The Kier molecular flexibility index (Phi) is 5.49. The highest BCUT2D eigenvalue weighted by atomic mass is 35.5. The lowest BCUT2D eigenvalue weighted by molar-refractivity contribution is -0.139. The molecule has 0 aromatic heterocycles. The Balaban J connectivity index is 0.00000200. The molecule has 1 saturated heterocycles. The van der Waals surface area contributed by atoms with E-state index in [-0.39, 0.29) is 41.8 Å². The molecule has 2 fully saturated rings.